The Bertz CT molecular complexity index is 1130. The van der Waals surface area contributed by atoms with Gasteiger partial charge in [0.15, 0.2) is 11.5 Å². The first-order chi connectivity index (χ1) is 15.2. The number of nitrogens with zero attached hydrogens (tertiary/aromatic N) is 1. The standard InChI is InChI=1S/C26H27N3O2/c1-16-8-9-19(10-17(16)2)25-21-14-29(13-18-6-4-3-5-7-18)22-12-24-23(30-15-31-24)11-20(22)26(21)28-27-25/h3-12,21,25-28H,13-15H2,1-2H3. The molecule has 0 aliphatic carbocycles. The molecule has 6 rings (SSSR count). The summed E-state index contributed by atoms with van der Waals surface area (Å²) >= 11 is 0. The molecule has 158 valence electrons. The average molecular weight is 414 g/mol. The Balaban J connectivity index is 1.41. The molecule has 1 fully saturated rings. The van der Waals surface area contributed by atoms with Gasteiger partial charge >= 0.3 is 0 Å². The number of rotatable bonds is 3. The maximum atomic E-state index is 5.72. The van der Waals surface area contributed by atoms with Gasteiger partial charge in [-0.3, -0.25) is 0 Å². The zero-order chi connectivity index (χ0) is 20.9. The van der Waals surface area contributed by atoms with Crippen molar-refractivity contribution in [2.24, 2.45) is 5.92 Å². The number of nitrogens with one attached hydrogen (secondary N) is 2. The maximum Gasteiger partial charge on any atom is 0.231 e. The number of ether oxygens (including phenoxy) is 2. The molecule has 3 aliphatic heterocycles. The zero-order valence-corrected chi connectivity index (χ0v) is 17.9. The molecular weight excluding hydrogens is 386 g/mol. The van der Waals surface area contributed by atoms with E-state index in [1.165, 1.54) is 33.5 Å². The monoisotopic (exact) mass is 413 g/mol. The lowest BCUT2D eigenvalue weighted by Gasteiger charge is -2.39. The lowest BCUT2D eigenvalue weighted by atomic mass is 9.81. The molecule has 1 saturated heterocycles. The average Bonchev–Trinajstić information content (AvgIpc) is 3.42. The van der Waals surface area contributed by atoms with Crippen LogP contribution in [0.15, 0.2) is 60.7 Å². The number of anilines is 1. The summed E-state index contributed by atoms with van der Waals surface area (Å²) in [5, 5.41) is 0. The summed E-state index contributed by atoms with van der Waals surface area (Å²) in [7, 11) is 0. The second-order valence-corrected chi connectivity index (χ2v) is 8.88. The van der Waals surface area contributed by atoms with E-state index in [4.69, 9.17) is 9.47 Å². The van der Waals surface area contributed by atoms with Gasteiger partial charge in [-0.1, -0.05) is 48.5 Å². The Morgan fingerprint density at radius 2 is 1.65 bits per heavy atom. The van der Waals surface area contributed by atoms with E-state index < -0.39 is 0 Å². The summed E-state index contributed by atoms with van der Waals surface area (Å²) in [6, 6.07) is 22.3. The molecule has 3 heterocycles. The Labute approximate surface area is 183 Å². The first-order valence-corrected chi connectivity index (χ1v) is 11.0. The zero-order valence-electron chi connectivity index (χ0n) is 17.9. The molecule has 3 aliphatic rings. The van der Waals surface area contributed by atoms with Crippen LogP contribution in [-0.2, 0) is 6.54 Å². The molecular formula is C26H27N3O2. The molecule has 3 aromatic rings. The Kier molecular flexibility index (Phi) is 4.40. The van der Waals surface area contributed by atoms with E-state index in [-0.39, 0.29) is 12.1 Å². The van der Waals surface area contributed by atoms with E-state index in [0.717, 1.165) is 24.6 Å². The Hall–Kier alpha value is -3.02. The van der Waals surface area contributed by atoms with Crippen molar-refractivity contribution >= 4 is 5.69 Å². The predicted molar refractivity (Wildman–Crippen MR) is 121 cm³/mol. The Morgan fingerprint density at radius 1 is 0.871 bits per heavy atom. The summed E-state index contributed by atoms with van der Waals surface area (Å²) in [5.41, 5.74) is 15.0. The second kappa shape index (κ2) is 7.29. The Morgan fingerprint density at radius 3 is 2.45 bits per heavy atom. The quantitative estimate of drug-likeness (QED) is 0.659. The summed E-state index contributed by atoms with van der Waals surface area (Å²) in [6.45, 7) is 6.49. The van der Waals surface area contributed by atoms with Gasteiger partial charge in [0.25, 0.3) is 0 Å². The van der Waals surface area contributed by atoms with E-state index >= 15 is 0 Å². The number of fused-ring (bicyclic) bond motifs is 4. The van der Waals surface area contributed by atoms with E-state index in [1.54, 1.807) is 0 Å². The van der Waals surface area contributed by atoms with E-state index in [2.05, 4.69) is 90.3 Å². The van der Waals surface area contributed by atoms with Gasteiger partial charge in [-0.15, -0.1) is 0 Å². The molecule has 5 nitrogen and oxygen atoms in total. The molecule has 3 unspecified atom stereocenters. The van der Waals surface area contributed by atoms with Crippen molar-refractivity contribution in [3.8, 4) is 11.5 Å². The topological polar surface area (TPSA) is 45.8 Å². The number of hydrogen-bond acceptors (Lipinski definition) is 5. The SMILES string of the molecule is Cc1ccc(C2NNC3c4cc5c(cc4N(Cc4ccccc4)CC23)OCO5)cc1C. The van der Waals surface area contributed by atoms with E-state index in [9.17, 15) is 0 Å². The maximum absolute atomic E-state index is 5.72. The predicted octanol–water partition coefficient (Wildman–Crippen LogP) is 4.56. The molecule has 31 heavy (non-hydrogen) atoms. The minimum absolute atomic E-state index is 0.225. The largest absolute Gasteiger partial charge is 0.454 e. The third-order valence-corrected chi connectivity index (χ3v) is 6.99. The molecule has 0 bridgehead atoms. The molecule has 0 spiro atoms. The number of benzene rings is 3. The highest BCUT2D eigenvalue weighted by Crippen LogP contribution is 2.49. The van der Waals surface area contributed by atoms with Gasteiger partial charge < -0.3 is 14.4 Å². The van der Waals surface area contributed by atoms with Crippen molar-refractivity contribution in [3.63, 3.8) is 0 Å². The van der Waals surface area contributed by atoms with Gasteiger partial charge in [-0.05, 0) is 47.7 Å². The van der Waals surface area contributed by atoms with Gasteiger partial charge in [-0.2, -0.15) is 0 Å². The molecule has 0 aromatic heterocycles. The van der Waals surface area contributed by atoms with Gasteiger partial charge in [0.1, 0.15) is 0 Å². The van der Waals surface area contributed by atoms with Crippen LogP contribution in [0.1, 0.15) is 39.9 Å². The lowest BCUT2D eigenvalue weighted by Crippen LogP contribution is -2.39. The molecule has 0 saturated carbocycles. The van der Waals surface area contributed by atoms with Crippen molar-refractivity contribution in [2.75, 3.05) is 18.2 Å². The number of hydrogen-bond donors (Lipinski definition) is 2. The summed E-state index contributed by atoms with van der Waals surface area (Å²) in [5.74, 6) is 2.08. The van der Waals surface area contributed by atoms with Crippen LogP contribution < -0.4 is 25.2 Å². The highest BCUT2D eigenvalue weighted by molar-refractivity contribution is 5.66. The van der Waals surface area contributed by atoms with Crippen LogP contribution in [0.25, 0.3) is 0 Å². The number of hydrazine groups is 1. The van der Waals surface area contributed by atoms with Crippen LogP contribution in [0.2, 0.25) is 0 Å². The van der Waals surface area contributed by atoms with E-state index in [0.29, 0.717) is 12.7 Å². The minimum atomic E-state index is 0.225. The first-order valence-electron chi connectivity index (χ1n) is 11.0. The van der Waals surface area contributed by atoms with Crippen LogP contribution >= 0.6 is 0 Å². The third-order valence-electron chi connectivity index (χ3n) is 6.99. The fourth-order valence-corrected chi connectivity index (χ4v) is 5.17. The third kappa shape index (κ3) is 3.16. The molecule has 0 amide bonds. The smallest absolute Gasteiger partial charge is 0.231 e. The summed E-state index contributed by atoms with van der Waals surface area (Å²) in [4.78, 5) is 2.50. The van der Waals surface area contributed by atoms with Crippen molar-refractivity contribution in [3.05, 3.63) is 88.5 Å². The lowest BCUT2D eigenvalue weighted by molar-refractivity contribution is 0.174. The van der Waals surface area contributed by atoms with Crippen molar-refractivity contribution < 1.29 is 9.47 Å². The van der Waals surface area contributed by atoms with Gasteiger partial charge in [0, 0.05) is 30.8 Å². The summed E-state index contributed by atoms with van der Waals surface area (Å²) in [6.07, 6.45) is 0. The van der Waals surface area contributed by atoms with Crippen LogP contribution in [0.4, 0.5) is 5.69 Å². The number of aryl methyl sites for hydroxylation is 2. The summed E-state index contributed by atoms with van der Waals surface area (Å²) < 4.78 is 11.4. The van der Waals surface area contributed by atoms with E-state index in [1.807, 2.05) is 0 Å². The molecule has 5 heteroatoms. The molecule has 0 radical (unpaired) electrons. The van der Waals surface area contributed by atoms with Crippen LogP contribution in [0.3, 0.4) is 0 Å². The van der Waals surface area contributed by atoms with Gasteiger partial charge in [-0.25, -0.2) is 10.9 Å². The van der Waals surface area contributed by atoms with Crippen molar-refractivity contribution in [2.45, 2.75) is 32.5 Å². The molecule has 3 aromatic carbocycles. The van der Waals surface area contributed by atoms with Gasteiger partial charge in [0.05, 0.1) is 12.1 Å². The van der Waals surface area contributed by atoms with Crippen LogP contribution in [0.5, 0.6) is 11.5 Å². The van der Waals surface area contributed by atoms with Crippen molar-refractivity contribution in [1.82, 2.24) is 10.9 Å². The van der Waals surface area contributed by atoms with Gasteiger partial charge in [0.2, 0.25) is 6.79 Å². The van der Waals surface area contributed by atoms with Crippen LogP contribution in [-0.4, -0.2) is 13.3 Å². The molecule has 2 N–H and O–H groups in total. The normalized spacial score (nSPS) is 23.5. The van der Waals surface area contributed by atoms with Crippen molar-refractivity contribution in [1.29, 1.82) is 0 Å². The fraction of sp³-hybridized carbons (Fsp3) is 0.308. The highest BCUT2D eigenvalue weighted by Gasteiger charge is 2.44. The fourth-order valence-electron chi connectivity index (χ4n) is 5.17. The van der Waals surface area contributed by atoms with Crippen LogP contribution in [0, 0.1) is 19.8 Å². The first kappa shape index (κ1) is 18.7. The molecule has 3 atom stereocenters. The highest BCUT2D eigenvalue weighted by atomic mass is 16.7. The second-order valence-electron chi connectivity index (χ2n) is 8.88. The minimum Gasteiger partial charge on any atom is -0.454 e.